The van der Waals surface area contributed by atoms with Gasteiger partial charge in [0.2, 0.25) is 15.9 Å². The average molecular weight is 444 g/mol. The molecule has 5 rings (SSSR count). The molecule has 11 heteroatoms. The molecule has 0 saturated carbocycles. The summed E-state index contributed by atoms with van der Waals surface area (Å²) in [4.78, 5) is 21.1. The molecule has 4 aromatic rings. The summed E-state index contributed by atoms with van der Waals surface area (Å²) in [5.74, 6) is -0.634. The molecule has 1 aliphatic heterocycles. The third kappa shape index (κ3) is 3.24. The molecule has 0 spiro atoms. The highest BCUT2D eigenvalue weighted by atomic mass is 32.2. The molecule has 4 heterocycles. The molecule has 3 aromatic heterocycles. The Morgan fingerprint density at radius 1 is 1.30 bits per heavy atom. The molecule has 1 atom stereocenters. The van der Waals surface area contributed by atoms with Gasteiger partial charge < -0.3 is 9.84 Å². The van der Waals surface area contributed by atoms with Crippen LogP contribution >= 0.6 is 11.3 Å². The van der Waals surface area contributed by atoms with Crippen LogP contribution in [0.2, 0.25) is 0 Å². The average Bonchev–Trinajstić information content (AvgIpc) is 3.47. The van der Waals surface area contributed by atoms with Gasteiger partial charge in [0.1, 0.15) is 4.90 Å². The molecule has 1 aliphatic rings. The number of anilines is 1. The summed E-state index contributed by atoms with van der Waals surface area (Å²) in [5, 5.41) is 7.24. The van der Waals surface area contributed by atoms with E-state index >= 15 is 0 Å². The second-order valence-electron chi connectivity index (χ2n) is 7.16. The Hall–Kier alpha value is -2.89. The minimum Gasteiger partial charge on any atom is -0.336 e. The minimum atomic E-state index is -3.77. The van der Waals surface area contributed by atoms with E-state index in [0.717, 1.165) is 10.2 Å². The lowest BCUT2D eigenvalue weighted by Gasteiger charge is -2.16. The Kier molecular flexibility index (Phi) is 4.53. The monoisotopic (exact) mass is 443 g/mol. The maximum atomic E-state index is 13.1. The standard InChI is InChI=1S/C19H17N5O4S2/c1-11-15-7-14(8-20-19(15)28-23-11)30(26,27)24-5-4-12(9-24)18(25)22-13-2-3-17-16(6-13)21-10-29-17/h2-3,6-8,10,12H,4-5,9H2,1H3,(H,22,25)/t12-/m1/s1. The van der Waals surface area contributed by atoms with E-state index in [0.29, 0.717) is 28.9 Å². The van der Waals surface area contributed by atoms with E-state index in [-0.39, 0.29) is 23.9 Å². The number of carbonyl (C=O) groups is 1. The predicted octanol–water partition coefficient (Wildman–Crippen LogP) is 2.79. The fourth-order valence-corrected chi connectivity index (χ4v) is 5.69. The molecule has 1 fully saturated rings. The van der Waals surface area contributed by atoms with E-state index in [1.54, 1.807) is 12.4 Å². The van der Waals surface area contributed by atoms with Crippen LogP contribution in [0.5, 0.6) is 0 Å². The number of rotatable bonds is 4. The summed E-state index contributed by atoms with van der Waals surface area (Å²) in [6.45, 7) is 2.11. The van der Waals surface area contributed by atoms with Gasteiger partial charge in [-0.2, -0.15) is 4.31 Å². The number of nitrogens with one attached hydrogen (secondary N) is 1. The Balaban J connectivity index is 1.32. The highest BCUT2D eigenvalue weighted by molar-refractivity contribution is 7.89. The number of aromatic nitrogens is 3. The Morgan fingerprint density at radius 2 is 2.17 bits per heavy atom. The second-order valence-corrected chi connectivity index (χ2v) is 9.99. The molecule has 154 valence electrons. The number of thiazole rings is 1. The van der Waals surface area contributed by atoms with Gasteiger partial charge in [0.15, 0.2) is 0 Å². The van der Waals surface area contributed by atoms with Crippen molar-refractivity contribution in [3.63, 3.8) is 0 Å². The minimum absolute atomic E-state index is 0.0661. The first-order valence-electron chi connectivity index (χ1n) is 9.28. The number of nitrogens with zero attached hydrogens (tertiary/aromatic N) is 4. The van der Waals surface area contributed by atoms with Gasteiger partial charge in [0, 0.05) is 18.8 Å². The van der Waals surface area contributed by atoms with E-state index in [1.807, 2.05) is 18.2 Å². The number of pyridine rings is 1. The van der Waals surface area contributed by atoms with Gasteiger partial charge in [0.05, 0.1) is 38.9 Å². The summed E-state index contributed by atoms with van der Waals surface area (Å²) < 4.78 is 33.5. The summed E-state index contributed by atoms with van der Waals surface area (Å²) in [6.07, 6.45) is 1.71. The van der Waals surface area contributed by atoms with Gasteiger partial charge in [-0.15, -0.1) is 11.3 Å². The van der Waals surface area contributed by atoms with E-state index in [9.17, 15) is 13.2 Å². The number of sulfonamides is 1. The number of hydrogen-bond donors (Lipinski definition) is 1. The molecule has 1 N–H and O–H groups in total. The highest BCUT2D eigenvalue weighted by Crippen LogP contribution is 2.28. The topological polar surface area (TPSA) is 118 Å². The third-order valence-corrected chi connectivity index (χ3v) is 7.88. The van der Waals surface area contributed by atoms with Crippen LogP contribution in [0.25, 0.3) is 21.3 Å². The molecular weight excluding hydrogens is 426 g/mol. The van der Waals surface area contributed by atoms with Crippen molar-refractivity contribution in [1.29, 1.82) is 0 Å². The first-order valence-corrected chi connectivity index (χ1v) is 11.6. The van der Waals surface area contributed by atoms with Crippen LogP contribution in [0.15, 0.2) is 45.4 Å². The number of benzene rings is 1. The zero-order valence-electron chi connectivity index (χ0n) is 15.9. The third-order valence-electron chi connectivity index (χ3n) is 5.24. The van der Waals surface area contributed by atoms with Gasteiger partial charge in [-0.3, -0.25) is 4.79 Å². The molecule has 0 radical (unpaired) electrons. The number of fused-ring (bicyclic) bond motifs is 2. The maximum Gasteiger partial charge on any atom is 0.257 e. The number of carbonyl (C=O) groups excluding carboxylic acids is 1. The molecule has 30 heavy (non-hydrogen) atoms. The van der Waals surface area contributed by atoms with Crippen LogP contribution in [0.4, 0.5) is 5.69 Å². The SMILES string of the molecule is Cc1noc2ncc(S(=O)(=O)N3CC[C@@H](C(=O)Nc4ccc5scnc5c4)C3)cc12. The summed E-state index contributed by atoms with van der Waals surface area (Å²) in [7, 11) is -3.77. The lowest BCUT2D eigenvalue weighted by molar-refractivity contribution is -0.119. The first-order chi connectivity index (χ1) is 14.4. The van der Waals surface area contributed by atoms with Crippen molar-refractivity contribution >= 4 is 54.3 Å². The van der Waals surface area contributed by atoms with Crippen LogP contribution in [0.3, 0.4) is 0 Å². The molecule has 1 amide bonds. The molecule has 1 aromatic carbocycles. The van der Waals surface area contributed by atoms with Crippen LogP contribution in [0.1, 0.15) is 12.1 Å². The van der Waals surface area contributed by atoms with Crippen molar-refractivity contribution < 1.29 is 17.7 Å². The summed E-state index contributed by atoms with van der Waals surface area (Å²) >= 11 is 1.53. The Labute approximate surface area is 175 Å². The van der Waals surface area contributed by atoms with E-state index in [2.05, 4.69) is 20.4 Å². The molecule has 0 aliphatic carbocycles. The molecule has 1 saturated heterocycles. The van der Waals surface area contributed by atoms with E-state index in [4.69, 9.17) is 4.52 Å². The normalized spacial score (nSPS) is 17.7. The fourth-order valence-electron chi connectivity index (χ4n) is 3.56. The molecule has 9 nitrogen and oxygen atoms in total. The molecular formula is C19H17N5O4S2. The van der Waals surface area contributed by atoms with Crippen LogP contribution < -0.4 is 5.32 Å². The van der Waals surface area contributed by atoms with Crippen molar-refractivity contribution in [2.24, 2.45) is 5.92 Å². The van der Waals surface area contributed by atoms with Gasteiger partial charge in [0.25, 0.3) is 5.71 Å². The Morgan fingerprint density at radius 3 is 3.03 bits per heavy atom. The molecule has 0 bridgehead atoms. The van der Waals surface area contributed by atoms with E-state index in [1.165, 1.54) is 27.9 Å². The number of hydrogen-bond acceptors (Lipinski definition) is 8. The van der Waals surface area contributed by atoms with E-state index < -0.39 is 15.9 Å². The summed E-state index contributed by atoms with van der Waals surface area (Å²) in [6, 6.07) is 7.06. The van der Waals surface area contributed by atoms with Crippen molar-refractivity contribution in [1.82, 2.24) is 19.4 Å². The highest BCUT2D eigenvalue weighted by Gasteiger charge is 2.36. The van der Waals surface area contributed by atoms with Crippen molar-refractivity contribution in [3.05, 3.63) is 41.7 Å². The zero-order chi connectivity index (χ0) is 20.9. The number of amides is 1. The second kappa shape index (κ2) is 7.11. The largest absolute Gasteiger partial charge is 0.336 e. The van der Waals surface area contributed by atoms with Gasteiger partial charge >= 0.3 is 0 Å². The zero-order valence-corrected chi connectivity index (χ0v) is 17.5. The smallest absolute Gasteiger partial charge is 0.257 e. The predicted molar refractivity (Wildman–Crippen MR) is 112 cm³/mol. The lowest BCUT2D eigenvalue weighted by atomic mass is 10.1. The lowest BCUT2D eigenvalue weighted by Crippen LogP contribution is -2.31. The molecule has 0 unspecified atom stereocenters. The van der Waals surface area contributed by atoms with Crippen LogP contribution in [-0.4, -0.2) is 46.8 Å². The van der Waals surface area contributed by atoms with Crippen molar-refractivity contribution in [3.8, 4) is 0 Å². The van der Waals surface area contributed by atoms with Crippen molar-refractivity contribution in [2.45, 2.75) is 18.2 Å². The Bertz CT molecular complexity index is 1380. The fraction of sp³-hybridized carbons (Fsp3) is 0.263. The van der Waals surface area contributed by atoms with Crippen LogP contribution in [-0.2, 0) is 14.8 Å². The van der Waals surface area contributed by atoms with Crippen LogP contribution in [0, 0.1) is 12.8 Å². The van der Waals surface area contributed by atoms with Crippen molar-refractivity contribution in [2.75, 3.05) is 18.4 Å². The van der Waals surface area contributed by atoms with Gasteiger partial charge in [-0.25, -0.2) is 18.4 Å². The first kappa shape index (κ1) is 19.1. The quantitative estimate of drug-likeness (QED) is 0.515. The summed E-state index contributed by atoms with van der Waals surface area (Å²) in [5.41, 5.74) is 4.09. The number of aryl methyl sites for hydroxylation is 1. The van der Waals surface area contributed by atoms with Gasteiger partial charge in [-0.1, -0.05) is 5.16 Å². The van der Waals surface area contributed by atoms with Gasteiger partial charge in [-0.05, 0) is 37.6 Å². The maximum absolute atomic E-state index is 13.1.